The lowest BCUT2D eigenvalue weighted by Crippen LogP contribution is -2.30. The SMILES string of the molecule is CSc1ccccc1N(Cc1ccccc1I)C(=O)C#Cc1ccccc1. The van der Waals surface area contributed by atoms with Gasteiger partial charge in [-0.2, -0.15) is 0 Å². The molecular weight excluding hydrogens is 465 g/mol. The summed E-state index contributed by atoms with van der Waals surface area (Å²) in [6, 6.07) is 25.6. The van der Waals surface area contributed by atoms with Crippen LogP contribution in [0.1, 0.15) is 11.1 Å². The van der Waals surface area contributed by atoms with Crippen LogP contribution in [0.2, 0.25) is 0 Å². The molecule has 0 saturated heterocycles. The third-order valence-corrected chi connectivity index (χ3v) is 5.83. The maximum absolute atomic E-state index is 13.0. The molecule has 2 nitrogen and oxygen atoms in total. The van der Waals surface area contributed by atoms with Gasteiger partial charge in [0.05, 0.1) is 12.2 Å². The van der Waals surface area contributed by atoms with E-state index in [0.29, 0.717) is 6.54 Å². The van der Waals surface area contributed by atoms with Gasteiger partial charge in [-0.05, 0) is 64.7 Å². The van der Waals surface area contributed by atoms with E-state index in [-0.39, 0.29) is 5.91 Å². The average molecular weight is 483 g/mol. The Hall–Kier alpha value is -2.23. The normalized spacial score (nSPS) is 10.0. The van der Waals surface area contributed by atoms with Crippen LogP contribution in [-0.4, -0.2) is 12.2 Å². The minimum atomic E-state index is -0.208. The highest BCUT2D eigenvalue weighted by Crippen LogP contribution is 2.30. The van der Waals surface area contributed by atoms with E-state index in [9.17, 15) is 4.79 Å². The van der Waals surface area contributed by atoms with E-state index in [1.54, 1.807) is 16.7 Å². The van der Waals surface area contributed by atoms with Crippen molar-refractivity contribution in [1.82, 2.24) is 0 Å². The van der Waals surface area contributed by atoms with Gasteiger partial charge in [-0.25, -0.2) is 0 Å². The van der Waals surface area contributed by atoms with Crippen molar-refractivity contribution in [2.45, 2.75) is 11.4 Å². The van der Waals surface area contributed by atoms with E-state index in [0.717, 1.165) is 25.3 Å². The van der Waals surface area contributed by atoms with Crippen molar-refractivity contribution < 1.29 is 4.79 Å². The minimum Gasteiger partial charge on any atom is -0.296 e. The number of anilines is 1. The minimum absolute atomic E-state index is 0.208. The van der Waals surface area contributed by atoms with Crippen LogP contribution in [0.4, 0.5) is 5.69 Å². The average Bonchev–Trinajstić information content (AvgIpc) is 2.72. The number of benzene rings is 3. The molecule has 0 atom stereocenters. The molecule has 3 aromatic rings. The first-order valence-corrected chi connectivity index (χ1v) is 10.7. The lowest BCUT2D eigenvalue weighted by atomic mass is 10.2. The molecule has 0 aliphatic rings. The van der Waals surface area contributed by atoms with Crippen molar-refractivity contribution in [3.63, 3.8) is 0 Å². The zero-order valence-corrected chi connectivity index (χ0v) is 17.8. The van der Waals surface area contributed by atoms with Crippen molar-refractivity contribution >= 4 is 45.9 Å². The fourth-order valence-corrected chi connectivity index (χ4v) is 3.79. The monoisotopic (exact) mass is 483 g/mol. The van der Waals surface area contributed by atoms with Crippen molar-refractivity contribution in [3.05, 3.63) is 93.6 Å². The topological polar surface area (TPSA) is 20.3 Å². The van der Waals surface area contributed by atoms with Crippen LogP contribution in [0.15, 0.2) is 83.8 Å². The largest absolute Gasteiger partial charge is 0.303 e. The lowest BCUT2D eigenvalue weighted by molar-refractivity contribution is -0.113. The summed E-state index contributed by atoms with van der Waals surface area (Å²) < 4.78 is 1.13. The third-order valence-electron chi connectivity index (χ3n) is 3.99. The fourth-order valence-electron chi connectivity index (χ4n) is 2.63. The molecule has 0 N–H and O–H groups in total. The van der Waals surface area contributed by atoms with E-state index in [1.165, 1.54) is 0 Å². The van der Waals surface area contributed by atoms with Gasteiger partial charge in [-0.15, -0.1) is 11.8 Å². The Bertz CT molecular complexity index is 992. The summed E-state index contributed by atoms with van der Waals surface area (Å²) >= 11 is 3.93. The first-order valence-electron chi connectivity index (χ1n) is 8.44. The van der Waals surface area contributed by atoms with Crippen molar-refractivity contribution in [3.8, 4) is 11.8 Å². The summed E-state index contributed by atoms with van der Waals surface area (Å²) in [7, 11) is 0. The Morgan fingerprint density at radius 2 is 1.63 bits per heavy atom. The summed E-state index contributed by atoms with van der Waals surface area (Å²) in [6.45, 7) is 0.485. The standard InChI is InChI=1S/C23H18INOS/c1-27-22-14-8-7-13-21(22)25(17-19-11-5-6-12-20(19)24)23(26)16-15-18-9-3-2-4-10-18/h2-14H,17H2,1H3. The third kappa shape index (κ3) is 5.15. The van der Waals surface area contributed by atoms with E-state index in [1.807, 2.05) is 79.1 Å². The molecule has 4 heteroatoms. The van der Waals surface area contributed by atoms with Crippen molar-refractivity contribution in [2.24, 2.45) is 0 Å². The zero-order chi connectivity index (χ0) is 19.1. The summed E-state index contributed by atoms with van der Waals surface area (Å²) in [5.74, 6) is 5.59. The van der Waals surface area contributed by atoms with E-state index in [4.69, 9.17) is 0 Å². The number of carbonyl (C=O) groups is 1. The second kappa shape index (κ2) is 9.63. The number of hydrogen-bond donors (Lipinski definition) is 0. The smallest absolute Gasteiger partial charge is 0.296 e. The van der Waals surface area contributed by atoms with Crippen LogP contribution >= 0.6 is 34.4 Å². The number of nitrogens with zero attached hydrogens (tertiary/aromatic N) is 1. The zero-order valence-electron chi connectivity index (χ0n) is 14.9. The van der Waals surface area contributed by atoms with Crippen molar-refractivity contribution in [2.75, 3.05) is 11.2 Å². The number of amides is 1. The number of para-hydroxylation sites is 1. The molecule has 134 valence electrons. The molecule has 1 amide bonds. The van der Waals surface area contributed by atoms with Gasteiger partial charge in [-0.3, -0.25) is 9.69 Å². The van der Waals surface area contributed by atoms with Gasteiger partial charge in [0.25, 0.3) is 0 Å². The Kier molecular flexibility index (Phi) is 6.97. The summed E-state index contributed by atoms with van der Waals surface area (Å²) in [5, 5.41) is 0. The first-order chi connectivity index (χ1) is 13.2. The predicted molar refractivity (Wildman–Crippen MR) is 122 cm³/mol. The Labute approximate surface area is 178 Å². The summed E-state index contributed by atoms with van der Waals surface area (Å²) in [5.41, 5.74) is 2.82. The molecule has 0 saturated carbocycles. The quantitative estimate of drug-likeness (QED) is 0.274. The van der Waals surface area contributed by atoms with E-state index < -0.39 is 0 Å². The summed E-state index contributed by atoms with van der Waals surface area (Å²) in [6.07, 6.45) is 2.02. The number of carbonyl (C=O) groups excluding carboxylic acids is 1. The van der Waals surface area contributed by atoms with Gasteiger partial charge < -0.3 is 0 Å². The second-order valence-corrected chi connectivity index (χ2v) is 7.78. The highest BCUT2D eigenvalue weighted by molar-refractivity contribution is 14.1. The van der Waals surface area contributed by atoms with Gasteiger partial charge in [0, 0.05) is 19.9 Å². The molecule has 3 aromatic carbocycles. The Morgan fingerprint density at radius 3 is 2.37 bits per heavy atom. The van der Waals surface area contributed by atoms with Gasteiger partial charge in [0.1, 0.15) is 0 Å². The molecule has 0 bridgehead atoms. The maximum Gasteiger partial charge on any atom is 0.303 e. The van der Waals surface area contributed by atoms with Gasteiger partial charge in [-0.1, -0.05) is 54.5 Å². The molecule has 0 aliphatic carbocycles. The molecule has 3 rings (SSSR count). The predicted octanol–water partition coefficient (Wildman–Crippen LogP) is 5.60. The molecule has 0 heterocycles. The second-order valence-electron chi connectivity index (χ2n) is 5.77. The lowest BCUT2D eigenvalue weighted by Gasteiger charge is -2.23. The molecule has 0 aliphatic heterocycles. The fraction of sp³-hybridized carbons (Fsp3) is 0.0870. The number of rotatable bonds is 4. The van der Waals surface area contributed by atoms with Crippen LogP contribution in [0.25, 0.3) is 0 Å². The highest BCUT2D eigenvalue weighted by atomic mass is 127. The molecular formula is C23H18INOS. The molecule has 27 heavy (non-hydrogen) atoms. The van der Waals surface area contributed by atoms with Crippen LogP contribution in [0, 0.1) is 15.4 Å². The summed E-state index contributed by atoms with van der Waals surface area (Å²) in [4.78, 5) is 15.9. The van der Waals surface area contributed by atoms with Crippen molar-refractivity contribution in [1.29, 1.82) is 0 Å². The van der Waals surface area contributed by atoms with E-state index in [2.05, 4.69) is 40.5 Å². The highest BCUT2D eigenvalue weighted by Gasteiger charge is 2.18. The molecule has 0 spiro atoms. The molecule has 0 unspecified atom stereocenters. The Morgan fingerprint density at radius 1 is 0.963 bits per heavy atom. The van der Waals surface area contributed by atoms with Crippen LogP contribution in [-0.2, 0) is 11.3 Å². The number of thioether (sulfide) groups is 1. The molecule has 0 aromatic heterocycles. The van der Waals surface area contributed by atoms with Gasteiger partial charge in [0.15, 0.2) is 0 Å². The first kappa shape index (κ1) is 19.5. The number of hydrogen-bond acceptors (Lipinski definition) is 2. The Balaban J connectivity index is 1.98. The van der Waals surface area contributed by atoms with Crippen LogP contribution in [0.5, 0.6) is 0 Å². The number of halogens is 1. The van der Waals surface area contributed by atoms with Crippen LogP contribution in [0.3, 0.4) is 0 Å². The van der Waals surface area contributed by atoms with E-state index >= 15 is 0 Å². The molecule has 0 radical (unpaired) electrons. The van der Waals surface area contributed by atoms with Crippen LogP contribution < -0.4 is 4.90 Å². The van der Waals surface area contributed by atoms with Gasteiger partial charge in [0.2, 0.25) is 0 Å². The maximum atomic E-state index is 13.0. The molecule has 0 fully saturated rings. The van der Waals surface area contributed by atoms with Gasteiger partial charge >= 0.3 is 5.91 Å².